The fraction of sp³-hybridized carbons (Fsp3) is 0.625. The molecular weight excluding hydrogens is 406 g/mol. The van der Waals surface area contributed by atoms with Crippen molar-refractivity contribution in [3.8, 4) is 0 Å². The number of benzene rings is 1. The minimum Gasteiger partial charge on any atom is -0.444 e. The van der Waals surface area contributed by atoms with Gasteiger partial charge in [-0.2, -0.15) is 0 Å². The summed E-state index contributed by atoms with van der Waals surface area (Å²) in [5, 5.41) is 6.73. The van der Waals surface area contributed by atoms with Gasteiger partial charge in [-0.3, -0.25) is 9.79 Å². The van der Waals surface area contributed by atoms with Gasteiger partial charge >= 0.3 is 6.09 Å². The Kier molecular flexibility index (Phi) is 7.99. The minimum absolute atomic E-state index is 0.202. The van der Waals surface area contributed by atoms with Crippen LogP contribution in [0.2, 0.25) is 0 Å². The molecular formula is C24H37N5O3. The monoisotopic (exact) mass is 443 g/mol. The van der Waals surface area contributed by atoms with Crippen LogP contribution in [-0.4, -0.2) is 61.7 Å². The van der Waals surface area contributed by atoms with Crippen molar-refractivity contribution in [2.45, 2.75) is 58.6 Å². The first-order chi connectivity index (χ1) is 15.2. The van der Waals surface area contributed by atoms with Gasteiger partial charge in [0.1, 0.15) is 5.60 Å². The van der Waals surface area contributed by atoms with Crippen LogP contribution in [0.3, 0.4) is 0 Å². The SMILES string of the molecule is CN=C(NCc1ccc(N2CCCC2=O)cc1)NCC1CCCN(C(=O)OC(C)(C)C)C1. The Labute approximate surface area is 191 Å². The molecule has 8 heteroatoms. The van der Waals surface area contributed by atoms with Gasteiger partial charge in [0.25, 0.3) is 0 Å². The van der Waals surface area contributed by atoms with E-state index >= 15 is 0 Å². The topological polar surface area (TPSA) is 86.3 Å². The number of anilines is 1. The van der Waals surface area contributed by atoms with E-state index < -0.39 is 5.60 Å². The highest BCUT2D eigenvalue weighted by atomic mass is 16.6. The molecule has 1 unspecified atom stereocenters. The van der Waals surface area contributed by atoms with Crippen molar-refractivity contribution in [2.24, 2.45) is 10.9 Å². The van der Waals surface area contributed by atoms with E-state index in [1.807, 2.05) is 54.8 Å². The van der Waals surface area contributed by atoms with Gasteiger partial charge in [-0.15, -0.1) is 0 Å². The lowest BCUT2D eigenvalue weighted by atomic mass is 9.98. The van der Waals surface area contributed by atoms with Crippen LogP contribution in [0.25, 0.3) is 0 Å². The Balaban J connectivity index is 1.43. The Hall–Kier alpha value is -2.77. The first-order valence-electron chi connectivity index (χ1n) is 11.6. The standard InChI is InChI=1S/C24H37N5O3/c1-24(2,3)32-23(31)28-13-5-7-19(17-28)16-27-22(25-4)26-15-18-9-11-20(12-10-18)29-14-6-8-21(29)30/h9-12,19H,5-8,13-17H2,1-4H3,(H2,25,26,27). The third kappa shape index (κ3) is 6.87. The van der Waals surface area contributed by atoms with Gasteiger partial charge in [-0.05, 0) is 63.6 Å². The average Bonchev–Trinajstić information content (AvgIpc) is 3.19. The molecule has 2 saturated heterocycles. The van der Waals surface area contributed by atoms with E-state index in [2.05, 4.69) is 15.6 Å². The second-order valence-electron chi connectivity index (χ2n) is 9.56. The number of likely N-dealkylation sites (tertiary alicyclic amines) is 1. The van der Waals surface area contributed by atoms with E-state index in [0.29, 0.717) is 25.4 Å². The number of hydrogen-bond acceptors (Lipinski definition) is 4. The molecule has 2 fully saturated rings. The van der Waals surface area contributed by atoms with Crippen molar-refractivity contribution in [1.29, 1.82) is 0 Å². The highest BCUT2D eigenvalue weighted by Gasteiger charge is 2.27. The Morgan fingerprint density at radius 3 is 2.53 bits per heavy atom. The summed E-state index contributed by atoms with van der Waals surface area (Å²) in [6.45, 7) is 9.30. The Morgan fingerprint density at radius 1 is 1.16 bits per heavy atom. The summed E-state index contributed by atoms with van der Waals surface area (Å²) >= 11 is 0. The number of carbonyl (C=O) groups is 2. The Bertz CT molecular complexity index is 816. The predicted octanol–water partition coefficient (Wildman–Crippen LogP) is 3.13. The zero-order valence-corrected chi connectivity index (χ0v) is 19.8. The van der Waals surface area contributed by atoms with Gasteiger partial charge < -0.3 is 25.2 Å². The molecule has 2 N–H and O–H groups in total. The van der Waals surface area contributed by atoms with E-state index in [4.69, 9.17) is 4.74 Å². The number of amides is 2. The van der Waals surface area contributed by atoms with E-state index in [9.17, 15) is 9.59 Å². The summed E-state index contributed by atoms with van der Waals surface area (Å²) in [4.78, 5) is 32.2. The molecule has 0 bridgehead atoms. The Morgan fingerprint density at radius 2 is 1.91 bits per heavy atom. The number of ether oxygens (including phenoxy) is 1. The molecule has 1 aromatic rings. The fourth-order valence-corrected chi connectivity index (χ4v) is 4.09. The summed E-state index contributed by atoms with van der Waals surface area (Å²) < 4.78 is 5.52. The molecule has 1 atom stereocenters. The van der Waals surface area contributed by atoms with Gasteiger partial charge in [0.15, 0.2) is 5.96 Å². The summed E-state index contributed by atoms with van der Waals surface area (Å²) in [5.74, 6) is 1.29. The molecule has 32 heavy (non-hydrogen) atoms. The first-order valence-corrected chi connectivity index (χ1v) is 11.6. The van der Waals surface area contributed by atoms with Gasteiger partial charge in [0, 0.05) is 51.9 Å². The number of nitrogens with one attached hydrogen (secondary N) is 2. The summed E-state index contributed by atoms with van der Waals surface area (Å²) in [5.41, 5.74) is 1.61. The highest BCUT2D eigenvalue weighted by Crippen LogP contribution is 2.22. The van der Waals surface area contributed by atoms with Crippen LogP contribution in [0.5, 0.6) is 0 Å². The molecule has 3 rings (SSSR count). The molecule has 2 amide bonds. The van der Waals surface area contributed by atoms with Crippen molar-refractivity contribution in [1.82, 2.24) is 15.5 Å². The summed E-state index contributed by atoms with van der Waals surface area (Å²) in [6, 6.07) is 8.09. The number of guanidine groups is 1. The maximum Gasteiger partial charge on any atom is 0.410 e. The summed E-state index contributed by atoms with van der Waals surface area (Å²) in [7, 11) is 1.76. The van der Waals surface area contributed by atoms with Crippen LogP contribution in [0.1, 0.15) is 52.0 Å². The van der Waals surface area contributed by atoms with E-state index in [1.54, 1.807) is 7.05 Å². The van der Waals surface area contributed by atoms with Crippen LogP contribution in [0, 0.1) is 5.92 Å². The van der Waals surface area contributed by atoms with Gasteiger partial charge in [-0.1, -0.05) is 12.1 Å². The molecule has 2 heterocycles. The molecule has 0 spiro atoms. The minimum atomic E-state index is -0.476. The molecule has 0 aromatic heterocycles. The third-order valence-corrected chi connectivity index (χ3v) is 5.73. The number of piperidine rings is 1. The second kappa shape index (κ2) is 10.7. The lowest BCUT2D eigenvalue weighted by molar-refractivity contribution is -0.117. The smallest absolute Gasteiger partial charge is 0.410 e. The molecule has 2 aliphatic rings. The van der Waals surface area contributed by atoms with Crippen molar-refractivity contribution in [3.05, 3.63) is 29.8 Å². The number of hydrogen-bond donors (Lipinski definition) is 2. The number of carbonyl (C=O) groups excluding carboxylic acids is 2. The van der Waals surface area contributed by atoms with Crippen molar-refractivity contribution < 1.29 is 14.3 Å². The zero-order chi connectivity index (χ0) is 23.1. The molecule has 176 valence electrons. The molecule has 1 aromatic carbocycles. The molecule has 8 nitrogen and oxygen atoms in total. The highest BCUT2D eigenvalue weighted by molar-refractivity contribution is 5.95. The molecule has 0 radical (unpaired) electrons. The van der Waals surface area contributed by atoms with Crippen molar-refractivity contribution >= 4 is 23.6 Å². The first kappa shape index (κ1) is 23.9. The fourth-order valence-electron chi connectivity index (χ4n) is 4.09. The maximum absolute atomic E-state index is 12.4. The van der Waals surface area contributed by atoms with Gasteiger partial charge in [0.2, 0.25) is 5.91 Å². The lowest BCUT2D eigenvalue weighted by Gasteiger charge is -2.34. The lowest BCUT2D eigenvalue weighted by Crippen LogP contribution is -2.47. The van der Waals surface area contributed by atoms with Crippen LogP contribution < -0.4 is 15.5 Å². The normalized spacial score (nSPS) is 19.8. The van der Waals surface area contributed by atoms with E-state index in [1.165, 1.54) is 0 Å². The number of aliphatic imine (C=N–C) groups is 1. The average molecular weight is 444 g/mol. The largest absolute Gasteiger partial charge is 0.444 e. The van der Waals surface area contributed by atoms with Crippen molar-refractivity contribution in [3.63, 3.8) is 0 Å². The maximum atomic E-state index is 12.4. The third-order valence-electron chi connectivity index (χ3n) is 5.73. The zero-order valence-electron chi connectivity index (χ0n) is 19.8. The van der Waals surface area contributed by atoms with Crippen molar-refractivity contribution in [2.75, 3.05) is 38.1 Å². The van der Waals surface area contributed by atoms with Gasteiger partial charge in [0.05, 0.1) is 0 Å². The van der Waals surface area contributed by atoms with Crippen LogP contribution in [0.15, 0.2) is 29.3 Å². The predicted molar refractivity (Wildman–Crippen MR) is 127 cm³/mol. The van der Waals surface area contributed by atoms with E-state index in [0.717, 1.165) is 56.1 Å². The van der Waals surface area contributed by atoms with Gasteiger partial charge in [-0.25, -0.2) is 4.79 Å². The quantitative estimate of drug-likeness (QED) is 0.539. The second-order valence-corrected chi connectivity index (χ2v) is 9.56. The van der Waals surface area contributed by atoms with Crippen LogP contribution in [-0.2, 0) is 16.1 Å². The molecule has 0 aliphatic carbocycles. The van der Waals surface area contributed by atoms with Crippen LogP contribution >= 0.6 is 0 Å². The van der Waals surface area contributed by atoms with Crippen LogP contribution in [0.4, 0.5) is 10.5 Å². The summed E-state index contributed by atoms with van der Waals surface area (Å²) in [6.07, 6.45) is 3.38. The number of rotatable bonds is 5. The molecule has 0 saturated carbocycles. The molecule has 2 aliphatic heterocycles. The number of nitrogens with zero attached hydrogens (tertiary/aromatic N) is 3. The van der Waals surface area contributed by atoms with E-state index in [-0.39, 0.29) is 12.0 Å².